The Morgan fingerprint density at radius 1 is 0.939 bits per heavy atom. The van der Waals surface area contributed by atoms with Gasteiger partial charge in [0.15, 0.2) is 0 Å². The van der Waals surface area contributed by atoms with E-state index in [1.165, 1.54) is 27.1 Å². The molecule has 5 heteroatoms. The van der Waals surface area contributed by atoms with E-state index in [0.717, 1.165) is 11.4 Å². The van der Waals surface area contributed by atoms with Crippen LogP contribution < -0.4 is 15.5 Å². The maximum atomic E-state index is 12.9. The summed E-state index contributed by atoms with van der Waals surface area (Å²) in [6.07, 6.45) is 1.72. The molecule has 5 nitrogen and oxygen atoms in total. The first-order valence-electron chi connectivity index (χ1n) is 11.5. The van der Waals surface area contributed by atoms with Crippen LogP contribution in [0.15, 0.2) is 78.9 Å². The number of fused-ring (bicyclic) bond motifs is 5. The van der Waals surface area contributed by atoms with Crippen molar-refractivity contribution in [3.8, 4) is 0 Å². The zero-order chi connectivity index (χ0) is 22.4. The molecule has 4 aromatic rings. The van der Waals surface area contributed by atoms with Crippen molar-refractivity contribution in [3.63, 3.8) is 0 Å². The van der Waals surface area contributed by atoms with Crippen molar-refractivity contribution in [3.05, 3.63) is 84.4 Å². The van der Waals surface area contributed by atoms with Crippen molar-refractivity contribution < 1.29 is 9.59 Å². The minimum absolute atomic E-state index is 0.00711. The van der Waals surface area contributed by atoms with Crippen LogP contribution >= 0.6 is 0 Å². The minimum Gasteiger partial charge on any atom is -0.356 e. The first-order valence-corrected chi connectivity index (χ1v) is 11.5. The molecule has 0 aliphatic carbocycles. The molecule has 0 radical (unpaired) electrons. The summed E-state index contributed by atoms with van der Waals surface area (Å²) in [5.74, 6) is 0.0400. The molecule has 2 N–H and O–H groups in total. The molecule has 2 aliphatic rings. The Balaban J connectivity index is 1.19. The quantitative estimate of drug-likeness (QED) is 0.459. The Kier molecular flexibility index (Phi) is 4.75. The molecule has 0 bridgehead atoms. The van der Waals surface area contributed by atoms with Gasteiger partial charge >= 0.3 is 0 Å². The molecular formula is C28H25N3O2. The third kappa shape index (κ3) is 3.50. The van der Waals surface area contributed by atoms with Crippen LogP contribution in [0.1, 0.15) is 18.4 Å². The lowest BCUT2D eigenvalue weighted by molar-refractivity contribution is -0.122. The first kappa shape index (κ1) is 19.8. The number of carbonyl (C=O) groups is 2. The number of aryl methyl sites for hydroxylation is 1. The Morgan fingerprint density at radius 3 is 2.36 bits per heavy atom. The van der Waals surface area contributed by atoms with E-state index in [2.05, 4.69) is 70.1 Å². The van der Waals surface area contributed by atoms with Gasteiger partial charge in [-0.2, -0.15) is 0 Å². The highest BCUT2D eigenvalue weighted by Gasteiger charge is 2.41. The fraction of sp³-hybridized carbons (Fsp3) is 0.214. The van der Waals surface area contributed by atoms with Crippen LogP contribution in [0.25, 0.3) is 21.5 Å². The highest BCUT2D eigenvalue weighted by atomic mass is 16.2. The maximum absolute atomic E-state index is 12.9. The van der Waals surface area contributed by atoms with Crippen LogP contribution in [-0.2, 0) is 16.0 Å². The zero-order valence-electron chi connectivity index (χ0n) is 18.3. The molecule has 4 aromatic carbocycles. The number of nitrogens with one attached hydrogen (secondary N) is 2. The molecule has 0 saturated carbocycles. The maximum Gasteiger partial charge on any atom is 0.247 e. The molecule has 2 heterocycles. The van der Waals surface area contributed by atoms with Crippen molar-refractivity contribution in [2.45, 2.75) is 31.3 Å². The molecule has 0 spiro atoms. The van der Waals surface area contributed by atoms with E-state index in [0.29, 0.717) is 25.8 Å². The fourth-order valence-electron chi connectivity index (χ4n) is 5.42. The van der Waals surface area contributed by atoms with Gasteiger partial charge in [0.25, 0.3) is 0 Å². The van der Waals surface area contributed by atoms with E-state index in [9.17, 15) is 9.59 Å². The fourth-order valence-corrected chi connectivity index (χ4v) is 5.42. The van der Waals surface area contributed by atoms with Crippen LogP contribution in [0, 0.1) is 0 Å². The second kappa shape index (κ2) is 7.93. The van der Waals surface area contributed by atoms with Gasteiger partial charge in [0.05, 0.1) is 11.4 Å². The molecule has 2 aliphatic heterocycles. The Bertz CT molecular complexity index is 1340. The molecule has 33 heavy (non-hydrogen) atoms. The van der Waals surface area contributed by atoms with E-state index in [4.69, 9.17) is 0 Å². The van der Waals surface area contributed by atoms with Crippen molar-refractivity contribution in [2.24, 2.45) is 0 Å². The number of carbonyl (C=O) groups excluding carboxylic acids is 2. The Labute approximate surface area is 192 Å². The molecular weight excluding hydrogens is 410 g/mol. The predicted molar refractivity (Wildman–Crippen MR) is 133 cm³/mol. The van der Waals surface area contributed by atoms with Crippen molar-refractivity contribution in [1.82, 2.24) is 5.32 Å². The van der Waals surface area contributed by atoms with Gasteiger partial charge in [-0.15, -0.1) is 0 Å². The van der Waals surface area contributed by atoms with Crippen molar-refractivity contribution in [1.29, 1.82) is 0 Å². The number of hydrogen-bond acceptors (Lipinski definition) is 3. The summed E-state index contributed by atoms with van der Waals surface area (Å²) in [5, 5.41) is 11.0. The molecule has 2 amide bonds. The van der Waals surface area contributed by atoms with Gasteiger partial charge in [-0.25, -0.2) is 0 Å². The summed E-state index contributed by atoms with van der Waals surface area (Å²) in [5.41, 5.74) is 3.09. The summed E-state index contributed by atoms with van der Waals surface area (Å²) in [6, 6.07) is 26.5. The van der Waals surface area contributed by atoms with Crippen molar-refractivity contribution in [2.75, 3.05) is 16.8 Å². The second-order valence-electron chi connectivity index (χ2n) is 8.97. The summed E-state index contributed by atoms with van der Waals surface area (Å²) >= 11 is 0. The topological polar surface area (TPSA) is 61.4 Å². The lowest BCUT2D eigenvalue weighted by atomic mass is 9.94. The van der Waals surface area contributed by atoms with Gasteiger partial charge in [-0.05, 0) is 58.1 Å². The van der Waals surface area contributed by atoms with E-state index < -0.39 is 0 Å². The third-order valence-corrected chi connectivity index (χ3v) is 6.93. The number of amides is 2. The smallest absolute Gasteiger partial charge is 0.247 e. The second-order valence-corrected chi connectivity index (χ2v) is 8.97. The van der Waals surface area contributed by atoms with Gasteiger partial charge in [0, 0.05) is 19.0 Å². The first-order chi connectivity index (χ1) is 16.2. The monoisotopic (exact) mass is 435 g/mol. The van der Waals surface area contributed by atoms with Crippen LogP contribution in [0.5, 0.6) is 0 Å². The van der Waals surface area contributed by atoms with E-state index >= 15 is 0 Å². The predicted octanol–water partition coefficient (Wildman–Crippen LogP) is 4.64. The zero-order valence-corrected chi connectivity index (χ0v) is 18.3. The number of nitrogens with zero attached hydrogens (tertiary/aromatic N) is 1. The van der Waals surface area contributed by atoms with E-state index in [1.807, 2.05) is 24.3 Å². The normalized spacial score (nSPS) is 19.3. The Hall–Kier alpha value is -3.86. The molecule has 164 valence electrons. The summed E-state index contributed by atoms with van der Waals surface area (Å²) in [4.78, 5) is 27.6. The van der Waals surface area contributed by atoms with E-state index in [1.54, 1.807) is 0 Å². The van der Waals surface area contributed by atoms with Gasteiger partial charge in [0.1, 0.15) is 6.04 Å². The van der Waals surface area contributed by atoms with Crippen LogP contribution in [0.3, 0.4) is 0 Å². The third-order valence-electron chi connectivity index (χ3n) is 6.93. The molecule has 2 unspecified atom stereocenters. The van der Waals surface area contributed by atoms with Gasteiger partial charge in [0.2, 0.25) is 11.8 Å². The molecule has 1 fully saturated rings. The Morgan fingerprint density at radius 2 is 1.61 bits per heavy atom. The minimum atomic E-state index is -0.229. The van der Waals surface area contributed by atoms with Gasteiger partial charge < -0.3 is 15.5 Å². The summed E-state index contributed by atoms with van der Waals surface area (Å²) < 4.78 is 0. The lowest BCUT2D eigenvalue weighted by Gasteiger charge is -2.32. The lowest BCUT2D eigenvalue weighted by Crippen LogP contribution is -2.44. The average Bonchev–Trinajstić information content (AvgIpc) is 3.26. The number of benzene rings is 4. The SMILES string of the molecule is O=C(CCc1c2ccccc2cc2ccccc12)NC1CC2C(=O)Nc3ccccc3N2C1. The standard InChI is InChI=1S/C28H25N3O2/c32-27(29-20-16-26-28(33)30-24-11-5-6-12-25(24)31(26)17-20)14-13-23-21-9-3-1-7-18(21)15-19-8-2-4-10-22(19)23/h1-12,15,20,26H,13-14,16-17H2,(H,29,32)(H,30,33). The number of para-hydroxylation sites is 2. The van der Waals surface area contributed by atoms with Crippen LogP contribution in [-0.4, -0.2) is 30.4 Å². The van der Waals surface area contributed by atoms with Gasteiger partial charge in [-0.3, -0.25) is 9.59 Å². The largest absolute Gasteiger partial charge is 0.356 e. The number of anilines is 2. The summed E-state index contributed by atoms with van der Waals surface area (Å²) in [6.45, 7) is 0.651. The average molecular weight is 436 g/mol. The molecule has 1 saturated heterocycles. The summed E-state index contributed by atoms with van der Waals surface area (Å²) in [7, 11) is 0. The van der Waals surface area contributed by atoms with E-state index in [-0.39, 0.29) is 23.9 Å². The number of hydrogen-bond donors (Lipinski definition) is 2. The molecule has 0 aromatic heterocycles. The molecule has 6 rings (SSSR count). The van der Waals surface area contributed by atoms with Crippen LogP contribution in [0.4, 0.5) is 11.4 Å². The van der Waals surface area contributed by atoms with Gasteiger partial charge in [-0.1, -0.05) is 60.7 Å². The highest BCUT2D eigenvalue weighted by Crippen LogP contribution is 2.36. The molecule has 2 atom stereocenters. The van der Waals surface area contributed by atoms with Crippen molar-refractivity contribution >= 4 is 44.7 Å². The highest BCUT2D eigenvalue weighted by molar-refractivity contribution is 6.04. The number of rotatable bonds is 4. The van der Waals surface area contributed by atoms with Crippen LogP contribution in [0.2, 0.25) is 0 Å².